The molecule has 0 rings (SSSR count). The Bertz CT molecular complexity index is 153. The van der Waals surface area contributed by atoms with E-state index < -0.39 is 25.0 Å². The average Bonchev–Trinajstić information content (AvgIpc) is 2.03. The molecular weight excluding hydrogens is 180 g/mol. The van der Waals surface area contributed by atoms with Crippen LogP contribution in [0, 0.1) is 0 Å². The molecular formula is C8H15F2NO2. The van der Waals surface area contributed by atoms with Crippen LogP contribution in [0.25, 0.3) is 0 Å². The maximum absolute atomic E-state index is 11.7. The lowest BCUT2D eigenvalue weighted by Gasteiger charge is -2.13. The number of nitrogens with one attached hydrogen (secondary N) is 1. The standard InChI is InChI=1S/C8H15F2NO2/c1-2-3-4-6(8(12)13)11-5-7(9)10/h6-7,11H,2-5H2,1H3,(H,12,13). The van der Waals surface area contributed by atoms with E-state index in [1.165, 1.54) is 0 Å². The first-order valence-corrected chi connectivity index (χ1v) is 4.32. The van der Waals surface area contributed by atoms with Gasteiger partial charge < -0.3 is 5.11 Å². The highest BCUT2D eigenvalue weighted by Crippen LogP contribution is 2.01. The van der Waals surface area contributed by atoms with E-state index in [0.717, 1.165) is 12.8 Å². The van der Waals surface area contributed by atoms with Crippen LogP contribution >= 0.6 is 0 Å². The van der Waals surface area contributed by atoms with Crippen LogP contribution in [0.2, 0.25) is 0 Å². The molecule has 0 aliphatic carbocycles. The quantitative estimate of drug-likeness (QED) is 0.647. The van der Waals surface area contributed by atoms with E-state index in [0.29, 0.717) is 6.42 Å². The molecule has 0 radical (unpaired) electrons. The fourth-order valence-corrected chi connectivity index (χ4v) is 0.952. The second-order valence-electron chi connectivity index (χ2n) is 2.83. The minimum Gasteiger partial charge on any atom is -0.480 e. The van der Waals surface area contributed by atoms with E-state index in [9.17, 15) is 13.6 Å². The van der Waals surface area contributed by atoms with Gasteiger partial charge in [-0.2, -0.15) is 0 Å². The normalized spacial score (nSPS) is 13.2. The topological polar surface area (TPSA) is 49.3 Å². The summed E-state index contributed by atoms with van der Waals surface area (Å²) in [6, 6.07) is -0.839. The SMILES string of the molecule is CCCCC(NCC(F)F)C(=O)O. The lowest BCUT2D eigenvalue weighted by atomic mass is 10.1. The van der Waals surface area contributed by atoms with Crippen LogP contribution in [-0.2, 0) is 4.79 Å². The highest BCUT2D eigenvalue weighted by molar-refractivity contribution is 5.73. The maximum atomic E-state index is 11.7. The summed E-state index contributed by atoms with van der Waals surface area (Å²) in [7, 11) is 0. The first-order valence-electron chi connectivity index (χ1n) is 4.32. The number of carbonyl (C=O) groups is 1. The van der Waals surface area contributed by atoms with E-state index in [2.05, 4.69) is 5.32 Å². The number of carboxylic acids is 1. The van der Waals surface area contributed by atoms with Gasteiger partial charge in [-0.25, -0.2) is 8.78 Å². The summed E-state index contributed by atoms with van der Waals surface area (Å²) in [6.45, 7) is 1.37. The number of halogens is 2. The highest BCUT2D eigenvalue weighted by atomic mass is 19.3. The Hall–Kier alpha value is -0.710. The summed E-state index contributed by atoms with van der Waals surface area (Å²) < 4.78 is 23.5. The number of unbranched alkanes of at least 4 members (excludes halogenated alkanes) is 1. The molecule has 78 valence electrons. The molecule has 0 saturated heterocycles. The first-order chi connectivity index (χ1) is 6.07. The fraction of sp³-hybridized carbons (Fsp3) is 0.875. The molecule has 13 heavy (non-hydrogen) atoms. The van der Waals surface area contributed by atoms with Crippen LogP contribution in [0.15, 0.2) is 0 Å². The molecule has 0 aromatic heterocycles. The number of aliphatic carboxylic acids is 1. The minimum absolute atomic E-state index is 0.401. The van der Waals surface area contributed by atoms with E-state index in [1.54, 1.807) is 0 Å². The average molecular weight is 195 g/mol. The molecule has 0 aromatic carbocycles. The number of hydrogen-bond acceptors (Lipinski definition) is 2. The van der Waals surface area contributed by atoms with Crippen molar-refractivity contribution < 1.29 is 18.7 Å². The zero-order chi connectivity index (χ0) is 10.3. The lowest BCUT2D eigenvalue weighted by molar-refractivity contribution is -0.139. The molecule has 0 heterocycles. The van der Waals surface area contributed by atoms with Crippen LogP contribution in [0.5, 0.6) is 0 Å². The van der Waals surface area contributed by atoms with E-state index in [1.807, 2.05) is 6.92 Å². The summed E-state index contributed by atoms with van der Waals surface area (Å²) in [6.07, 6.45) is -0.505. The molecule has 0 aliphatic heterocycles. The molecule has 5 heteroatoms. The van der Waals surface area contributed by atoms with Crippen LogP contribution in [0.3, 0.4) is 0 Å². The molecule has 0 amide bonds. The van der Waals surface area contributed by atoms with Gasteiger partial charge in [-0.05, 0) is 6.42 Å². The predicted octanol–water partition coefficient (Wildman–Crippen LogP) is 1.48. The smallest absolute Gasteiger partial charge is 0.320 e. The molecule has 3 nitrogen and oxygen atoms in total. The molecule has 0 spiro atoms. The zero-order valence-corrected chi connectivity index (χ0v) is 7.59. The van der Waals surface area contributed by atoms with Gasteiger partial charge in [-0.15, -0.1) is 0 Å². The Balaban J connectivity index is 3.74. The van der Waals surface area contributed by atoms with Gasteiger partial charge in [0.25, 0.3) is 6.43 Å². The van der Waals surface area contributed by atoms with Crippen molar-refractivity contribution in [3.63, 3.8) is 0 Å². The number of alkyl halides is 2. The van der Waals surface area contributed by atoms with Gasteiger partial charge in [-0.3, -0.25) is 10.1 Å². The summed E-state index contributed by atoms with van der Waals surface area (Å²) in [5.74, 6) is -1.06. The van der Waals surface area contributed by atoms with Crippen molar-refractivity contribution in [3.8, 4) is 0 Å². The van der Waals surface area contributed by atoms with Crippen molar-refractivity contribution in [3.05, 3.63) is 0 Å². The molecule has 2 N–H and O–H groups in total. The minimum atomic E-state index is -2.50. The zero-order valence-electron chi connectivity index (χ0n) is 7.59. The molecule has 0 fully saturated rings. The number of carboxylic acid groups (broad SMARTS) is 1. The molecule has 0 bridgehead atoms. The third-order valence-electron chi connectivity index (χ3n) is 1.66. The monoisotopic (exact) mass is 195 g/mol. The Labute approximate surface area is 76.1 Å². The predicted molar refractivity (Wildman–Crippen MR) is 45.0 cm³/mol. The molecule has 0 aromatic rings. The lowest BCUT2D eigenvalue weighted by Crippen LogP contribution is -2.39. The van der Waals surface area contributed by atoms with Crippen molar-refractivity contribution in [2.75, 3.05) is 6.54 Å². The maximum Gasteiger partial charge on any atom is 0.320 e. The van der Waals surface area contributed by atoms with E-state index >= 15 is 0 Å². The van der Waals surface area contributed by atoms with Crippen molar-refractivity contribution in [2.45, 2.75) is 38.7 Å². The summed E-state index contributed by atoms with van der Waals surface area (Å²) in [5, 5.41) is 10.9. The van der Waals surface area contributed by atoms with Crippen molar-refractivity contribution in [1.82, 2.24) is 5.32 Å². The van der Waals surface area contributed by atoms with Gasteiger partial charge in [0, 0.05) is 0 Å². The van der Waals surface area contributed by atoms with Gasteiger partial charge in [0.15, 0.2) is 0 Å². The van der Waals surface area contributed by atoms with Crippen molar-refractivity contribution in [1.29, 1.82) is 0 Å². The highest BCUT2D eigenvalue weighted by Gasteiger charge is 2.17. The second-order valence-corrected chi connectivity index (χ2v) is 2.83. The summed E-state index contributed by atoms with van der Waals surface area (Å²) in [4.78, 5) is 10.5. The third-order valence-corrected chi connectivity index (χ3v) is 1.66. The largest absolute Gasteiger partial charge is 0.480 e. The van der Waals surface area contributed by atoms with Crippen LogP contribution in [-0.4, -0.2) is 30.1 Å². The Kier molecular flexibility index (Phi) is 6.40. The molecule has 1 atom stereocenters. The summed E-state index contributed by atoms with van der Waals surface area (Å²) >= 11 is 0. The van der Waals surface area contributed by atoms with Gasteiger partial charge in [0.1, 0.15) is 6.04 Å². The van der Waals surface area contributed by atoms with Gasteiger partial charge in [0.05, 0.1) is 6.54 Å². The van der Waals surface area contributed by atoms with E-state index in [4.69, 9.17) is 5.11 Å². The Morgan fingerprint density at radius 2 is 2.15 bits per heavy atom. The van der Waals surface area contributed by atoms with Gasteiger partial charge >= 0.3 is 5.97 Å². The van der Waals surface area contributed by atoms with Crippen LogP contribution in [0.1, 0.15) is 26.2 Å². The van der Waals surface area contributed by atoms with Crippen molar-refractivity contribution >= 4 is 5.97 Å². The van der Waals surface area contributed by atoms with Crippen LogP contribution in [0.4, 0.5) is 8.78 Å². The van der Waals surface area contributed by atoms with Gasteiger partial charge in [0.2, 0.25) is 0 Å². The Morgan fingerprint density at radius 3 is 2.54 bits per heavy atom. The van der Waals surface area contributed by atoms with Gasteiger partial charge in [-0.1, -0.05) is 19.8 Å². The third kappa shape index (κ3) is 6.45. The Morgan fingerprint density at radius 1 is 1.54 bits per heavy atom. The van der Waals surface area contributed by atoms with Crippen LogP contribution < -0.4 is 5.32 Å². The summed E-state index contributed by atoms with van der Waals surface area (Å²) in [5.41, 5.74) is 0. The molecule has 1 unspecified atom stereocenters. The first kappa shape index (κ1) is 12.3. The number of rotatable bonds is 7. The number of hydrogen-bond donors (Lipinski definition) is 2. The molecule has 0 saturated carbocycles. The second kappa shape index (κ2) is 6.77. The van der Waals surface area contributed by atoms with E-state index in [-0.39, 0.29) is 0 Å². The fourth-order valence-electron chi connectivity index (χ4n) is 0.952. The van der Waals surface area contributed by atoms with Crippen molar-refractivity contribution in [2.24, 2.45) is 0 Å². The molecule has 0 aliphatic rings.